The summed E-state index contributed by atoms with van der Waals surface area (Å²) in [6.45, 7) is 6.14. The predicted molar refractivity (Wildman–Crippen MR) is 153 cm³/mol. The minimum atomic E-state index is -0.477. The van der Waals surface area contributed by atoms with Crippen molar-refractivity contribution in [1.29, 1.82) is 0 Å². The van der Waals surface area contributed by atoms with Gasteiger partial charge in [-0.2, -0.15) is 0 Å². The van der Waals surface area contributed by atoms with Crippen LogP contribution in [-0.2, 0) is 6.42 Å². The lowest BCUT2D eigenvalue weighted by molar-refractivity contribution is 0.0717. The van der Waals surface area contributed by atoms with Crippen molar-refractivity contribution in [2.75, 3.05) is 25.6 Å². The predicted octanol–water partition coefficient (Wildman–Crippen LogP) is 6.74. The fourth-order valence-corrected chi connectivity index (χ4v) is 3.93. The zero-order valence-corrected chi connectivity index (χ0v) is 23.0. The summed E-state index contributed by atoms with van der Waals surface area (Å²) in [6, 6.07) is 25.7. The highest BCUT2D eigenvalue weighted by molar-refractivity contribution is 5.92. The van der Waals surface area contributed by atoms with Crippen LogP contribution >= 0.6 is 0 Å². The van der Waals surface area contributed by atoms with Gasteiger partial charge in [0.05, 0.1) is 17.7 Å². The Bertz CT molecular complexity index is 1440. The Balaban J connectivity index is 1.32. The average Bonchev–Trinajstić information content (AvgIpc) is 2.93. The second-order valence-corrected chi connectivity index (χ2v) is 9.64. The van der Waals surface area contributed by atoms with Crippen molar-refractivity contribution in [2.24, 2.45) is 0 Å². The van der Waals surface area contributed by atoms with Gasteiger partial charge in [-0.15, -0.1) is 0 Å². The second-order valence-electron chi connectivity index (χ2n) is 9.64. The van der Waals surface area contributed by atoms with Crippen molar-refractivity contribution in [3.05, 3.63) is 118 Å². The number of rotatable bonds is 9. The van der Waals surface area contributed by atoms with Crippen LogP contribution in [0.5, 0.6) is 17.2 Å². The molecule has 0 unspecified atom stereocenters. The molecular weight excluding hydrogens is 490 g/mol. The number of esters is 2. The van der Waals surface area contributed by atoms with Crippen LogP contribution in [0.25, 0.3) is 0 Å². The van der Waals surface area contributed by atoms with E-state index in [9.17, 15) is 9.59 Å². The van der Waals surface area contributed by atoms with Gasteiger partial charge in [-0.25, -0.2) is 9.59 Å². The van der Waals surface area contributed by atoms with Crippen LogP contribution in [0.3, 0.4) is 0 Å². The maximum Gasteiger partial charge on any atom is 0.343 e. The summed E-state index contributed by atoms with van der Waals surface area (Å²) in [4.78, 5) is 27.4. The summed E-state index contributed by atoms with van der Waals surface area (Å²) in [6.07, 6.45) is 0.784. The van der Waals surface area contributed by atoms with Crippen molar-refractivity contribution < 1.29 is 23.8 Å². The number of benzene rings is 4. The Morgan fingerprint density at radius 2 is 1.13 bits per heavy atom. The Morgan fingerprint density at radius 3 is 1.62 bits per heavy atom. The molecule has 0 aromatic heterocycles. The highest BCUT2D eigenvalue weighted by atomic mass is 16.5. The fourth-order valence-electron chi connectivity index (χ4n) is 3.93. The molecule has 4 aromatic carbocycles. The molecule has 0 amide bonds. The molecule has 0 spiro atoms. The molecule has 4 rings (SSSR count). The molecule has 0 saturated heterocycles. The number of nitrogens with zero attached hydrogens (tertiary/aromatic N) is 1. The third-order valence-corrected chi connectivity index (χ3v) is 6.58. The molecule has 4 aromatic rings. The summed E-state index contributed by atoms with van der Waals surface area (Å²) in [5.74, 6) is 0.603. The molecule has 0 aliphatic rings. The summed E-state index contributed by atoms with van der Waals surface area (Å²) in [7, 11) is 4.03. The number of hydrogen-bond donors (Lipinski definition) is 0. The zero-order chi connectivity index (χ0) is 27.9. The molecule has 0 N–H and O–H groups in total. The zero-order valence-electron chi connectivity index (χ0n) is 23.0. The fraction of sp³-hybridized carbons (Fsp3) is 0.212. The smallest absolute Gasteiger partial charge is 0.343 e. The molecule has 0 bridgehead atoms. The van der Waals surface area contributed by atoms with Gasteiger partial charge in [0, 0.05) is 26.2 Å². The second kappa shape index (κ2) is 12.3. The summed E-state index contributed by atoms with van der Waals surface area (Å²) in [5, 5.41) is 0. The van der Waals surface area contributed by atoms with Crippen LogP contribution < -0.4 is 19.1 Å². The molecule has 0 saturated carbocycles. The van der Waals surface area contributed by atoms with Crippen LogP contribution in [0.2, 0.25) is 0 Å². The van der Waals surface area contributed by atoms with E-state index in [0.29, 0.717) is 35.0 Å². The Kier molecular flexibility index (Phi) is 8.67. The van der Waals surface area contributed by atoms with Crippen molar-refractivity contribution in [3.8, 4) is 17.2 Å². The van der Waals surface area contributed by atoms with Crippen LogP contribution in [0.4, 0.5) is 5.69 Å². The molecule has 0 radical (unpaired) electrons. The van der Waals surface area contributed by atoms with Crippen LogP contribution in [0, 0.1) is 20.8 Å². The van der Waals surface area contributed by atoms with Gasteiger partial charge >= 0.3 is 11.9 Å². The SMILES string of the molecule is Cc1ccc(C(=O)Oc2ccc(OC(=O)c3ccc(OCCc4ccc(N(C)C)cc4)cc3)c(C)c2C)cc1. The number of anilines is 1. The van der Waals surface area contributed by atoms with Crippen LogP contribution in [0.15, 0.2) is 84.9 Å². The van der Waals surface area contributed by atoms with Gasteiger partial charge in [0.1, 0.15) is 17.2 Å². The highest BCUT2D eigenvalue weighted by Crippen LogP contribution is 2.30. The minimum absolute atomic E-state index is 0.410. The van der Waals surface area contributed by atoms with Crippen LogP contribution in [0.1, 0.15) is 43.0 Å². The standard InChI is InChI=1S/C33H33NO5/c1-22-6-10-26(11-7-22)32(35)38-30-18-19-31(24(3)23(30)2)39-33(36)27-12-16-29(17-13-27)37-21-20-25-8-14-28(15-9-25)34(4)5/h6-19H,20-21H2,1-5H3. The van der Waals surface area contributed by atoms with E-state index in [1.54, 1.807) is 48.5 Å². The van der Waals surface area contributed by atoms with E-state index in [2.05, 4.69) is 29.2 Å². The van der Waals surface area contributed by atoms with Gasteiger partial charge in [-0.3, -0.25) is 0 Å². The van der Waals surface area contributed by atoms with Crippen molar-refractivity contribution in [3.63, 3.8) is 0 Å². The van der Waals surface area contributed by atoms with Crippen molar-refractivity contribution >= 4 is 17.6 Å². The maximum atomic E-state index is 12.8. The summed E-state index contributed by atoms with van der Waals surface area (Å²) >= 11 is 0. The molecule has 200 valence electrons. The van der Waals surface area contributed by atoms with Gasteiger partial charge < -0.3 is 19.1 Å². The first-order chi connectivity index (χ1) is 18.7. The van der Waals surface area contributed by atoms with E-state index in [1.807, 2.05) is 47.0 Å². The lowest BCUT2D eigenvalue weighted by Crippen LogP contribution is -2.12. The van der Waals surface area contributed by atoms with E-state index in [1.165, 1.54) is 5.56 Å². The van der Waals surface area contributed by atoms with Gasteiger partial charge in [0.25, 0.3) is 0 Å². The molecule has 6 nitrogen and oxygen atoms in total. The van der Waals surface area contributed by atoms with Crippen molar-refractivity contribution in [2.45, 2.75) is 27.2 Å². The average molecular weight is 524 g/mol. The van der Waals surface area contributed by atoms with Gasteiger partial charge in [0.15, 0.2) is 0 Å². The van der Waals surface area contributed by atoms with E-state index in [-0.39, 0.29) is 0 Å². The molecule has 0 aliphatic heterocycles. The van der Waals surface area contributed by atoms with Crippen LogP contribution in [-0.4, -0.2) is 32.6 Å². The number of carbonyl (C=O) groups excluding carboxylic acids is 2. The third kappa shape index (κ3) is 7.05. The quantitative estimate of drug-likeness (QED) is 0.179. The van der Waals surface area contributed by atoms with E-state index >= 15 is 0 Å². The maximum absolute atomic E-state index is 12.8. The first-order valence-corrected chi connectivity index (χ1v) is 12.8. The van der Waals surface area contributed by atoms with E-state index in [4.69, 9.17) is 14.2 Å². The Morgan fingerprint density at radius 1 is 0.641 bits per heavy atom. The summed E-state index contributed by atoms with van der Waals surface area (Å²) in [5.41, 5.74) is 5.74. The minimum Gasteiger partial charge on any atom is -0.493 e. The molecule has 0 heterocycles. The normalized spacial score (nSPS) is 10.6. The van der Waals surface area contributed by atoms with E-state index < -0.39 is 11.9 Å². The molecule has 0 fully saturated rings. The number of aryl methyl sites for hydroxylation is 1. The highest BCUT2D eigenvalue weighted by Gasteiger charge is 2.16. The molecule has 6 heteroatoms. The third-order valence-electron chi connectivity index (χ3n) is 6.58. The molecule has 0 aliphatic carbocycles. The first-order valence-electron chi connectivity index (χ1n) is 12.8. The lowest BCUT2D eigenvalue weighted by atomic mass is 10.1. The number of hydrogen-bond acceptors (Lipinski definition) is 6. The molecule has 39 heavy (non-hydrogen) atoms. The van der Waals surface area contributed by atoms with Gasteiger partial charge in [0.2, 0.25) is 0 Å². The van der Waals surface area contributed by atoms with Gasteiger partial charge in [-0.05, 0) is 98.1 Å². The van der Waals surface area contributed by atoms with E-state index in [0.717, 1.165) is 28.8 Å². The van der Waals surface area contributed by atoms with Crippen molar-refractivity contribution in [1.82, 2.24) is 0 Å². The monoisotopic (exact) mass is 523 g/mol. The number of carbonyl (C=O) groups is 2. The topological polar surface area (TPSA) is 65.1 Å². The Labute approximate surface area is 229 Å². The molecule has 0 atom stereocenters. The first kappa shape index (κ1) is 27.5. The molecular formula is C33H33NO5. The summed E-state index contributed by atoms with van der Waals surface area (Å²) < 4.78 is 17.1. The van der Waals surface area contributed by atoms with Gasteiger partial charge in [-0.1, -0.05) is 29.8 Å². The Hall–Kier alpha value is -4.58. The number of ether oxygens (including phenoxy) is 3. The lowest BCUT2D eigenvalue weighted by Gasteiger charge is -2.14. The largest absolute Gasteiger partial charge is 0.493 e.